The molecule has 2 rings (SSSR count). The molecule has 1 aromatic rings. The van der Waals surface area contributed by atoms with E-state index in [1.807, 2.05) is 20.8 Å². The summed E-state index contributed by atoms with van der Waals surface area (Å²) in [5.41, 5.74) is 0.533. The van der Waals surface area contributed by atoms with Gasteiger partial charge in [0.1, 0.15) is 5.57 Å². The minimum absolute atomic E-state index is 0.0760. The zero-order valence-electron chi connectivity index (χ0n) is 15.7. The number of likely N-dealkylation sites (N-methyl/N-ethyl adjacent to an activating group) is 2. The van der Waals surface area contributed by atoms with Crippen LogP contribution in [0.1, 0.15) is 26.3 Å². The second-order valence-corrected chi connectivity index (χ2v) is 6.41. The smallest absolute Gasteiger partial charge is 0.333 e. The molecule has 1 aromatic carbocycles. The lowest BCUT2D eigenvalue weighted by Gasteiger charge is -2.28. The highest BCUT2D eigenvalue weighted by Gasteiger charge is 2.37. The largest absolute Gasteiger partial charge is 0.490 e. The second kappa shape index (κ2) is 8.03. The van der Waals surface area contributed by atoms with Gasteiger partial charge in [0.25, 0.3) is 11.8 Å². The average Bonchev–Trinajstić information content (AvgIpc) is 2.61. The predicted octanol–water partition coefficient (Wildman–Crippen LogP) is 2.55. The van der Waals surface area contributed by atoms with Crippen molar-refractivity contribution in [1.82, 2.24) is 9.80 Å². The number of urea groups is 1. The topological polar surface area (TPSA) is 76.2 Å². The van der Waals surface area contributed by atoms with Crippen LogP contribution in [0.3, 0.4) is 0 Å². The molecule has 0 saturated carbocycles. The Morgan fingerprint density at radius 3 is 2.15 bits per heavy atom. The molecule has 0 spiro atoms. The quantitative estimate of drug-likeness (QED) is 0.576. The van der Waals surface area contributed by atoms with E-state index in [4.69, 9.17) is 9.47 Å². The fraction of sp³-hybridized carbons (Fsp3) is 0.421. The number of barbiturate groups is 1. The van der Waals surface area contributed by atoms with Gasteiger partial charge in [-0.15, -0.1) is 0 Å². The Labute approximate surface area is 153 Å². The molecule has 1 aliphatic heterocycles. The Morgan fingerprint density at radius 1 is 1.00 bits per heavy atom. The SMILES string of the molecule is CCOc1cc(C=C2C(=O)N(C)C(=O)N(C)C2=O)ccc1OCC(C)C. The molecule has 1 saturated heterocycles. The molecular formula is C19H24N2O5. The number of amides is 4. The summed E-state index contributed by atoms with van der Waals surface area (Å²) in [7, 11) is 2.69. The van der Waals surface area contributed by atoms with E-state index in [1.54, 1.807) is 18.2 Å². The highest BCUT2D eigenvalue weighted by Crippen LogP contribution is 2.30. The first-order valence-electron chi connectivity index (χ1n) is 8.47. The van der Waals surface area contributed by atoms with Gasteiger partial charge >= 0.3 is 6.03 Å². The van der Waals surface area contributed by atoms with Gasteiger partial charge < -0.3 is 9.47 Å². The van der Waals surface area contributed by atoms with Crippen LogP contribution in [0.5, 0.6) is 11.5 Å². The van der Waals surface area contributed by atoms with E-state index in [0.717, 1.165) is 9.80 Å². The van der Waals surface area contributed by atoms with E-state index in [0.29, 0.717) is 36.2 Å². The third-order valence-electron chi connectivity index (χ3n) is 3.79. The Bertz CT molecular complexity index is 728. The summed E-state index contributed by atoms with van der Waals surface area (Å²) in [6, 6.07) is 4.55. The summed E-state index contributed by atoms with van der Waals surface area (Å²) in [6.45, 7) is 6.97. The van der Waals surface area contributed by atoms with E-state index in [1.165, 1.54) is 20.2 Å². The van der Waals surface area contributed by atoms with Crippen LogP contribution in [-0.4, -0.2) is 55.0 Å². The molecule has 0 atom stereocenters. The van der Waals surface area contributed by atoms with Crippen LogP contribution < -0.4 is 9.47 Å². The fourth-order valence-corrected chi connectivity index (χ4v) is 2.40. The van der Waals surface area contributed by atoms with Crippen molar-refractivity contribution < 1.29 is 23.9 Å². The third kappa shape index (κ3) is 4.04. The van der Waals surface area contributed by atoms with Crippen molar-refractivity contribution in [3.63, 3.8) is 0 Å². The lowest BCUT2D eigenvalue weighted by Crippen LogP contribution is -2.52. The van der Waals surface area contributed by atoms with Gasteiger partial charge in [0.15, 0.2) is 11.5 Å². The van der Waals surface area contributed by atoms with E-state index in [9.17, 15) is 14.4 Å². The molecule has 140 valence electrons. The number of benzene rings is 1. The third-order valence-corrected chi connectivity index (χ3v) is 3.79. The van der Waals surface area contributed by atoms with E-state index in [2.05, 4.69) is 0 Å². The minimum Gasteiger partial charge on any atom is -0.490 e. The van der Waals surface area contributed by atoms with Crippen molar-refractivity contribution in [1.29, 1.82) is 0 Å². The highest BCUT2D eigenvalue weighted by molar-refractivity contribution is 6.30. The molecular weight excluding hydrogens is 336 g/mol. The molecule has 4 amide bonds. The summed E-state index contributed by atoms with van der Waals surface area (Å²) >= 11 is 0. The van der Waals surface area contributed by atoms with Gasteiger partial charge in [-0.1, -0.05) is 19.9 Å². The number of ether oxygens (including phenoxy) is 2. The van der Waals surface area contributed by atoms with Crippen LogP contribution in [0.15, 0.2) is 23.8 Å². The van der Waals surface area contributed by atoms with E-state index in [-0.39, 0.29) is 5.57 Å². The van der Waals surface area contributed by atoms with Gasteiger partial charge in [-0.25, -0.2) is 4.79 Å². The zero-order chi connectivity index (χ0) is 19.4. The molecule has 0 radical (unpaired) electrons. The molecule has 0 aliphatic carbocycles. The molecule has 26 heavy (non-hydrogen) atoms. The average molecular weight is 360 g/mol. The zero-order valence-corrected chi connectivity index (χ0v) is 15.7. The van der Waals surface area contributed by atoms with E-state index >= 15 is 0 Å². The van der Waals surface area contributed by atoms with Crippen LogP contribution in [0, 0.1) is 5.92 Å². The van der Waals surface area contributed by atoms with Crippen molar-refractivity contribution in [2.24, 2.45) is 5.92 Å². The summed E-state index contributed by atoms with van der Waals surface area (Å²) in [5, 5.41) is 0. The first-order chi connectivity index (χ1) is 12.3. The maximum atomic E-state index is 12.3. The van der Waals surface area contributed by atoms with Crippen LogP contribution in [0.2, 0.25) is 0 Å². The minimum atomic E-state index is -0.649. The number of nitrogens with zero attached hydrogens (tertiary/aromatic N) is 2. The van der Waals surface area contributed by atoms with Gasteiger partial charge in [0.05, 0.1) is 13.2 Å². The lowest BCUT2D eigenvalue weighted by atomic mass is 10.1. The molecule has 7 nitrogen and oxygen atoms in total. The molecule has 1 aliphatic rings. The Balaban J connectivity index is 2.37. The number of hydrogen-bond donors (Lipinski definition) is 0. The van der Waals surface area contributed by atoms with Crippen LogP contribution in [0.4, 0.5) is 4.79 Å². The van der Waals surface area contributed by atoms with Crippen LogP contribution in [0.25, 0.3) is 6.08 Å². The maximum absolute atomic E-state index is 12.3. The van der Waals surface area contributed by atoms with Crippen LogP contribution >= 0.6 is 0 Å². The highest BCUT2D eigenvalue weighted by atomic mass is 16.5. The summed E-state index contributed by atoms with van der Waals surface area (Å²) in [5.74, 6) is 0.254. The fourth-order valence-electron chi connectivity index (χ4n) is 2.40. The van der Waals surface area contributed by atoms with Crippen molar-refractivity contribution in [3.8, 4) is 11.5 Å². The van der Waals surface area contributed by atoms with Gasteiger partial charge in [-0.05, 0) is 36.6 Å². The summed E-state index contributed by atoms with van der Waals surface area (Å²) in [4.78, 5) is 38.2. The summed E-state index contributed by atoms with van der Waals surface area (Å²) < 4.78 is 11.4. The van der Waals surface area contributed by atoms with Crippen molar-refractivity contribution >= 4 is 23.9 Å². The lowest BCUT2D eigenvalue weighted by molar-refractivity contribution is -0.134. The predicted molar refractivity (Wildman–Crippen MR) is 96.9 cm³/mol. The Hall–Kier alpha value is -2.83. The first kappa shape index (κ1) is 19.5. The van der Waals surface area contributed by atoms with Gasteiger partial charge in [-0.2, -0.15) is 0 Å². The number of carbonyl (C=O) groups is 3. The molecule has 1 fully saturated rings. The molecule has 0 N–H and O–H groups in total. The second-order valence-electron chi connectivity index (χ2n) is 6.41. The van der Waals surface area contributed by atoms with Crippen molar-refractivity contribution in [2.75, 3.05) is 27.3 Å². The molecule has 0 unspecified atom stereocenters. The first-order valence-corrected chi connectivity index (χ1v) is 8.47. The Kier molecular flexibility index (Phi) is 6.02. The number of carbonyl (C=O) groups excluding carboxylic acids is 3. The molecule has 0 aromatic heterocycles. The van der Waals surface area contributed by atoms with Gasteiger partial charge in [0, 0.05) is 14.1 Å². The number of hydrogen-bond acceptors (Lipinski definition) is 5. The van der Waals surface area contributed by atoms with Crippen molar-refractivity contribution in [2.45, 2.75) is 20.8 Å². The Morgan fingerprint density at radius 2 is 1.62 bits per heavy atom. The number of imide groups is 2. The molecule has 1 heterocycles. The van der Waals surface area contributed by atoms with Crippen LogP contribution in [-0.2, 0) is 9.59 Å². The van der Waals surface area contributed by atoms with Gasteiger partial charge in [0.2, 0.25) is 0 Å². The van der Waals surface area contributed by atoms with E-state index < -0.39 is 17.8 Å². The van der Waals surface area contributed by atoms with Gasteiger partial charge in [-0.3, -0.25) is 19.4 Å². The number of rotatable bonds is 6. The normalized spacial score (nSPS) is 15.0. The standard InChI is InChI=1S/C19H24N2O5/c1-6-25-16-10-13(7-8-15(16)26-11-12(2)3)9-14-17(22)20(4)19(24)21(5)18(14)23/h7-10,12H,6,11H2,1-5H3. The maximum Gasteiger partial charge on any atom is 0.333 e. The monoisotopic (exact) mass is 360 g/mol. The van der Waals surface area contributed by atoms with Crippen molar-refractivity contribution in [3.05, 3.63) is 29.3 Å². The molecule has 7 heteroatoms. The molecule has 0 bridgehead atoms. The summed E-state index contributed by atoms with van der Waals surface area (Å²) in [6.07, 6.45) is 1.46.